The second-order valence-electron chi connectivity index (χ2n) is 3.87. The van der Waals surface area contributed by atoms with Crippen LogP contribution in [0.25, 0.3) is 21.5 Å². The van der Waals surface area contributed by atoms with E-state index in [1.54, 1.807) is 0 Å². The van der Waals surface area contributed by atoms with E-state index in [9.17, 15) is 4.57 Å². The molecule has 3 aromatic rings. The van der Waals surface area contributed by atoms with Crippen LogP contribution in [0.5, 0.6) is 0 Å². The standard InChI is InChI=1S/C13H10O2P/c1-9-6-7-13-11(8-9)10-4-2-3-5-12(10)15-16(13)14/h2-8H,1H3/q+1. The van der Waals surface area contributed by atoms with Gasteiger partial charge in [0.15, 0.2) is 5.58 Å². The topological polar surface area (TPSA) is 30.2 Å². The molecule has 1 unspecified atom stereocenters. The van der Waals surface area contributed by atoms with E-state index in [2.05, 4.69) is 6.07 Å². The van der Waals surface area contributed by atoms with Crippen LogP contribution in [0.4, 0.5) is 0 Å². The highest BCUT2D eigenvalue weighted by Crippen LogP contribution is 2.35. The number of rotatable bonds is 0. The Morgan fingerprint density at radius 1 is 1.06 bits per heavy atom. The van der Waals surface area contributed by atoms with Gasteiger partial charge >= 0.3 is 7.65 Å². The molecule has 0 spiro atoms. The molecule has 0 aliphatic heterocycles. The van der Waals surface area contributed by atoms with E-state index in [0.717, 1.165) is 15.9 Å². The molecule has 1 heterocycles. The van der Waals surface area contributed by atoms with Crippen molar-refractivity contribution in [3.05, 3.63) is 48.0 Å². The Labute approximate surface area is 93.3 Å². The fourth-order valence-electron chi connectivity index (χ4n) is 1.93. The number of fused-ring (bicyclic) bond motifs is 3. The van der Waals surface area contributed by atoms with Crippen LogP contribution in [0, 0.1) is 6.92 Å². The predicted octanol–water partition coefficient (Wildman–Crippen LogP) is 4.64. The van der Waals surface area contributed by atoms with Gasteiger partial charge in [-0.05, 0) is 29.7 Å². The van der Waals surface area contributed by atoms with Crippen molar-refractivity contribution in [1.29, 1.82) is 0 Å². The Bertz CT molecular complexity index is 744. The molecule has 78 valence electrons. The van der Waals surface area contributed by atoms with Gasteiger partial charge in [0.2, 0.25) is 5.12 Å². The highest BCUT2D eigenvalue weighted by Gasteiger charge is 2.15. The predicted molar refractivity (Wildman–Crippen MR) is 66.1 cm³/mol. The first-order chi connectivity index (χ1) is 7.75. The lowest BCUT2D eigenvalue weighted by Crippen LogP contribution is -1.76. The van der Waals surface area contributed by atoms with Crippen molar-refractivity contribution in [2.75, 3.05) is 0 Å². The summed E-state index contributed by atoms with van der Waals surface area (Å²) in [6.07, 6.45) is 0. The Morgan fingerprint density at radius 2 is 1.88 bits per heavy atom. The molecule has 0 saturated heterocycles. The van der Waals surface area contributed by atoms with Crippen LogP contribution in [-0.2, 0) is 4.57 Å². The Balaban J connectivity index is 2.67. The van der Waals surface area contributed by atoms with Crippen molar-refractivity contribution in [3.8, 4) is 0 Å². The molecule has 0 radical (unpaired) electrons. The van der Waals surface area contributed by atoms with E-state index in [1.807, 2.05) is 43.3 Å². The quantitative estimate of drug-likeness (QED) is 0.526. The summed E-state index contributed by atoms with van der Waals surface area (Å²) in [5.41, 5.74) is 1.88. The Kier molecular flexibility index (Phi) is 2.05. The summed E-state index contributed by atoms with van der Waals surface area (Å²) in [6, 6.07) is 13.6. The maximum Gasteiger partial charge on any atom is 0.597 e. The first-order valence-electron chi connectivity index (χ1n) is 5.11. The van der Waals surface area contributed by atoms with Gasteiger partial charge < -0.3 is 0 Å². The van der Waals surface area contributed by atoms with E-state index in [-0.39, 0.29) is 0 Å². The van der Waals surface area contributed by atoms with Gasteiger partial charge in [-0.15, -0.1) is 0 Å². The SMILES string of the molecule is Cc1ccc2c(c1)c1ccccc1o[p+]2=O. The minimum Gasteiger partial charge on any atom is -0.250 e. The van der Waals surface area contributed by atoms with Crippen molar-refractivity contribution >= 4 is 29.1 Å². The highest BCUT2D eigenvalue weighted by atomic mass is 31.1. The van der Waals surface area contributed by atoms with Gasteiger partial charge in [-0.3, -0.25) is 0 Å². The van der Waals surface area contributed by atoms with Crippen LogP contribution in [0.15, 0.2) is 46.7 Å². The normalized spacial score (nSPS) is 12.2. The van der Waals surface area contributed by atoms with Gasteiger partial charge in [0.05, 0.1) is 0 Å². The molecule has 0 saturated carbocycles. The van der Waals surface area contributed by atoms with Gasteiger partial charge in [-0.1, -0.05) is 29.8 Å². The van der Waals surface area contributed by atoms with Crippen LogP contribution < -0.4 is 0 Å². The zero-order chi connectivity index (χ0) is 11.1. The third-order valence-electron chi connectivity index (χ3n) is 2.71. The largest absolute Gasteiger partial charge is 0.597 e. The summed E-state index contributed by atoms with van der Waals surface area (Å²) < 4.78 is 17.3. The zero-order valence-electron chi connectivity index (χ0n) is 8.81. The lowest BCUT2D eigenvalue weighted by Gasteiger charge is -1.96. The molecule has 2 nitrogen and oxygen atoms in total. The molecule has 0 bridgehead atoms. The molecule has 0 amide bonds. The molecule has 1 aromatic heterocycles. The van der Waals surface area contributed by atoms with Crippen molar-refractivity contribution < 1.29 is 8.76 Å². The molecule has 0 N–H and O–H groups in total. The summed E-state index contributed by atoms with van der Waals surface area (Å²) in [6.45, 7) is 2.03. The van der Waals surface area contributed by atoms with E-state index >= 15 is 0 Å². The van der Waals surface area contributed by atoms with Crippen LogP contribution in [0.2, 0.25) is 0 Å². The minimum absolute atomic E-state index is 0.710. The number of benzene rings is 2. The summed E-state index contributed by atoms with van der Waals surface area (Å²) in [7, 11) is -1.76. The van der Waals surface area contributed by atoms with Gasteiger partial charge in [-0.2, -0.15) is 0 Å². The third kappa shape index (κ3) is 1.35. The maximum absolute atomic E-state index is 11.9. The number of hydrogen-bond acceptors (Lipinski definition) is 2. The van der Waals surface area contributed by atoms with Crippen molar-refractivity contribution in [2.24, 2.45) is 0 Å². The van der Waals surface area contributed by atoms with E-state index in [4.69, 9.17) is 4.20 Å². The van der Waals surface area contributed by atoms with Crippen molar-refractivity contribution in [3.63, 3.8) is 0 Å². The minimum atomic E-state index is -1.76. The van der Waals surface area contributed by atoms with Crippen LogP contribution >= 0.6 is 7.65 Å². The smallest absolute Gasteiger partial charge is 0.250 e. The highest BCUT2D eigenvalue weighted by molar-refractivity contribution is 7.37. The molecule has 0 fully saturated rings. The van der Waals surface area contributed by atoms with Gasteiger partial charge in [-0.25, -0.2) is 4.20 Å². The summed E-state index contributed by atoms with van der Waals surface area (Å²) in [4.78, 5) is 0. The van der Waals surface area contributed by atoms with Gasteiger partial charge in [0.25, 0.3) is 0 Å². The molecular weight excluding hydrogens is 219 g/mol. The van der Waals surface area contributed by atoms with Gasteiger partial charge in [0, 0.05) is 10.8 Å². The zero-order valence-corrected chi connectivity index (χ0v) is 9.70. The summed E-state index contributed by atoms with van der Waals surface area (Å²) in [5, 5.41) is 2.85. The molecule has 0 aliphatic carbocycles. The average molecular weight is 229 g/mol. The molecular formula is C13H10O2P+. The van der Waals surface area contributed by atoms with E-state index < -0.39 is 7.65 Å². The Hall–Kier alpha value is -1.66. The average Bonchev–Trinajstić information content (AvgIpc) is 2.29. The third-order valence-corrected chi connectivity index (χ3v) is 3.85. The van der Waals surface area contributed by atoms with Gasteiger partial charge in [0.1, 0.15) is 0 Å². The lowest BCUT2D eigenvalue weighted by atomic mass is 10.1. The molecule has 16 heavy (non-hydrogen) atoms. The first-order valence-corrected chi connectivity index (χ1v) is 6.29. The van der Waals surface area contributed by atoms with Crippen LogP contribution in [0.3, 0.4) is 0 Å². The number of hydrogen-bond donors (Lipinski definition) is 0. The fourth-order valence-corrected chi connectivity index (χ4v) is 2.95. The molecule has 2 aromatic carbocycles. The number of aryl methyl sites for hydroxylation is 1. The van der Waals surface area contributed by atoms with E-state index in [1.165, 1.54) is 5.56 Å². The second kappa shape index (κ2) is 3.43. The van der Waals surface area contributed by atoms with Crippen LogP contribution in [0.1, 0.15) is 5.56 Å². The molecule has 3 heteroatoms. The summed E-state index contributed by atoms with van der Waals surface area (Å²) >= 11 is 0. The molecule has 0 aliphatic rings. The van der Waals surface area contributed by atoms with Crippen molar-refractivity contribution in [1.82, 2.24) is 0 Å². The second-order valence-corrected chi connectivity index (χ2v) is 5.04. The van der Waals surface area contributed by atoms with E-state index in [0.29, 0.717) is 5.58 Å². The fraction of sp³-hybridized carbons (Fsp3) is 0.0769. The summed E-state index contributed by atoms with van der Waals surface area (Å²) in [5.74, 6) is 0. The van der Waals surface area contributed by atoms with Crippen LogP contribution in [-0.4, -0.2) is 0 Å². The number of para-hydroxylation sites is 1. The van der Waals surface area contributed by atoms with Crippen molar-refractivity contribution in [2.45, 2.75) is 6.92 Å². The molecule has 3 rings (SSSR count). The monoisotopic (exact) mass is 229 g/mol. The lowest BCUT2D eigenvalue weighted by molar-refractivity contribution is 0.563. The maximum atomic E-state index is 11.9. The Morgan fingerprint density at radius 3 is 2.75 bits per heavy atom. The first kappa shape index (κ1) is 9.56. The molecule has 1 atom stereocenters.